The third-order valence-electron chi connectivity index (χ3n) is 5.26. The fourth-order valence-electron chi connectivity index (χ4n) is 3.37. The van der Waals surface area contributed by atoms with Crippen LogP contribution in [-0.2, 0) is 22.6 Å². The van der Waals surface area contributed by atoms with Crippen molar-refractivity contribution in [2.24, 2.45) is 5.92 Å². The van der Waals surface area contributed by atoms with Crippen LogP contribution in [0, 0.1) is 19.8 Å². The second kappa shape index (κ2) is 7.73. The van der Waals surface area contributed by atoms with Gasteiger partial charge in [-0.1, -0.05) is 43.3 Å². The van der Waals surface area contributed by atoms with Gasteiger partial charge in [-0.2, -0.15) is 0 Å². The highest BCUT2D eigenvalue weighted by Crippen LogP contribution is 2.29. The number of carbonyl (C=O) groups is 2. The smallest absolute Gasteiger partial charge is 0.227 e. The first-order valence-corrected chi connectivity index (χ1v) is 9.21. The van der Waals surface area contributed by atoms with Crippen LogP contribution < -0.4 is 10.2 Å². The molecule has 0 bridgehead atoms. The van der Waals surface area contributed by atoms with Gasteiger partial charge in [0.1, 0.15) is 0 Å². The summed E-state index contributed by atoms with van der Waals surface area (Å²) in [7, 11) is 0. The maximum absolute atomic E-state index is 12.5. The van der Waals surface area contributed by atoms with Gasteiger partial charge in [-0.15, -0.1) is 0 Å². The Balaban J connectivity index is 1.62. The second-order valence-corrected chi connectivity index (χ2v) is 7.01. The number of benzene rings is 2. The first-order valence-electron chi connectivity index (χ1n) is 9.21. The summed E-state index contributed by atoms with van der Waals surface area (Å²) in [4.78, 5) is 26.7. The topological polar surface area (TPSA) is 49.4 Å². The summed E-state index contributed by atoms with van der Waals surface area (Å²) >= 11 is 0. The Morgan fingerprint density at radius 3 is 2.50 bits per heavy atom. The summed E-state index contributed by atoms with van der Waals surface area (Å²) in [5, 5.41) is 2.98. The molecule has 4 nitrogen and oxygen atoms in total. The van der Waals surface area contributed by atoms with Crippen LogP contribution in [0.1, 0.15) is 35.6 Å². The third-order valence-corrected chi connectivity index (χ3v) is 5.26. The molecule has 1 aliphatic heterocycles. The van der Waals surface area contributed by atoms with Crippen molar-refractivity contribution in [1.29, 1.82) is 0 Å². The monoisotopic (exact) mass is 350 g/mol. The summed E-state index contributed by atoms with van der Waals surface area (Å²) < 4.78 is 0. The van der Waals surface area contributed by atoms with Crippen molar-refractivity contribution in [3.8, 4) is 0 Å². The van der Waals surface area contributed by atoms with Gasteiger partial charge in [-0.3, -0.25) is 9.59 Å². The van der Waals surface area contributed by atoms with Gasteiger partial charge in [0.05, 0.1) is 5.92 Å². The Hall–Kier alpha value is -2.62. The van der Waals surface area contributed by atoms with E-state index in [1.807, 2.05) is 44.2 Å². The Kier molecular flexibility index (Phi) is 5.40. The predicted molar refractivity (Wildman–Crippen MR) is 104 cm³/mol. The molecule has 1 saturated heterocycles. The van der Waals surface area contributed by atoms with Crippen LogP contribution in [0.25, 0.3) is 0 Å². The van der Waals surface area contributed by atoms with Crippen LogP contribution in [0.2, 0.25) is 0 Å². The molecule has 1 aliphatic rings. The van der Waals surface area contributed by atoms with E-state index in [-0.39, 0.29) is 24.2 Å². The largest absolute Gasteiger partial charge is 0.352 e. The molecule has 1 atom stereocenters. The molecule has 136 valence electrons. The lowest BCUT2D eigenvalue weighted by atomic mass is 10.1. The van der Waals surface area contributed by atoms with Crippen LogP contribution in [0.15, 0.2) is 42.5 Å². The second-order valence-electron chi connectivity index (χ2n) is 7.01. The molecule has 2 aromatic carbocycles. The molecule has 0 aliphatic carbocycles. The summed E-state index contributed by atoms with van der Waals surface area (Å²) in [6.45, 7) is 7.12. The number of nitrogens with zero attached hydrogens (tertiary/aromatic N) is 1. The molecular formula is C22H26N2O2. The number of amides is 2. The Morgan fingerprint density at radius 1 is 1.12 bits per heavy atom. The molecule has 2 amide bonds. The molecule has 26 heavy (non-hydrogen) atoms. The van der Waals surface area contributed by atoms with E-state index in [0.29, 0.717) is 13.1 Å². The zero-order valence-corrected chi connectivity index (χ0v) is 15.7. The van der Waals surface area contributed by atoms with Gasteiger partial charge >= 0.3 is 0 Å². The molecule has 2 aromatic rings. The normalized spacial score (nSPS) is 16.8. The van der Waals surface area contributed by atoms with E-state index in [2.05, 4.69) is 24.4 Å². The quantitative estimate of drug-likeness (QED) is 0.897. The molecular weight excluding hydrogens is 324 g/mol. The summed E-state index contributed by atoms with van der Waals surface area (Å²) in [5.74, 6) is -0.325. The molecule has 0 radical (unpaired) electrons. The highest BCUT2D eigenvalue weighted by atomic mass is 16.2. The van der Waals surface area contributed by atoms with Crippen molar-refractivity contribution in [3.05, 3.63) is 64.7 Å². The summed E-state index contributed by atoms with van der Waals surface area (Å²) in [6.07, 6.45) is 1.28. The van der Waals surface area contributed by atoms with Gasteiger partial charge in [0.2, 0.25) is 11.8 Å². The van der Waals surface area contributed by atoms with E-state index in [1.165, 1.54) is 5.56 Å². The maximum Gasteiger partial charge on any atom is 0.227 e. The van der Waals surface area contributed by atoms with E-state index in [0.717, 1.165) is 28.8 Å². The van der Waals surface area contributed by atoms with Crippen LogP contribution in [0.5, 0.6) is 0 Å². The molecule has 4 heteroatoms. The van der Waals surface area contributed by atoms with Gasteiger partial charge < -0.3 is 10.2 Å². The van der Waals surface area contributed by atoms with Gasteiger partial charge in [0, 0.05) is 25.2 Å². The standard InChI is InChI=1S/C22H26N2O2/c1-4-17-8-10-18(11-9-17)13-23-22(26)19-12-21(25)24(14-19)20-7-5-6-15(2)16(20)3/h5-11,19H,4,12-14H2,1-3H3,(H,23,26)/t19-/m0/s1. The van der Waals surface area contributed by atoms with E-state index in [4.69, 9.17) is 0 Å². The molecule has 0 spiro atoms. The number of hydrogen-bond donors (Lipinski definition) is 1. The SMILES string of the molecule is CCc1ccc(CNC(=O)[C@H]2CC(=O)N(c3cccc(C)c3C)C2)cc1. The Bertz CT molecular complexity index is 811. The van der Waals surface area contributed by atoms with E-state index in [1.54, 1.807) is 4.90 Å². The van der Waals surface area contributed by atoms with Crippen molar-refractivity contribution in [2.45, 2.75) is 40.2 Å². The van der Waals surface area contributed by atoms with Crippen LogP contribution in [0.4, 0.5) is 5.69 Å². The first-order chi connectivity index (χ1) is 12.5. The van der Waals surface area contributed by atoms with Gasteiger partial charge in [0.25, 0.3) is 0 Å². The number of rotatable bonds is 5. The van der Waals surface area contributed by atoms with Gasteiger partial charge in [-0.05, 0) is 48.6 Å². The van der Waals surface area contributed by atoms with E-state index < -0.39 is 0 Å². The number of nitrogens with one attached hydrogen (secondary N) is 1. The zero-order valence-electron chi connectivity index (χ0n) is 15.7. The lowest BCUT2D eigenvalue weighted by Crippen LogP contribution is -2.32. The highest BCUT2D eigenvalue weighted by Gasteiger charge is 2.35. The van der Waals surface area contributed by atoms with Crippen LogP contribution >= 0.6 is 0 Å². The molecule has 0 unspecified atom stereocenters. The van der Waals surface area contributed by atoms with Crippen molar-refractivity contribution in [1.82, 2.24) is 5.32 Å². The molecule has 1 fully saturated rings. The van der Waals surface area contributed by atoms with Crippen molar-refractivity contribution >= 4 is 17.5 Å². The van der Waals surface area contributed by atoms with E-state index in [9.17, 15) is 9.59 Å². The van der Waals surface area contributed by atoms with Crippen molar-refractivity contribution in [2.75, 3.05) is 11.4 Å². The van der Waals surface area contributed by atoms with Crippen molar-refractivity contribution < 1.29 is 9.59 Å². The summed E-state index contributed by atoms with van der Waals surface area (Å²) in [5.41, 5.74) is 5.52. The third kappa shape index (κ3) is 3.79. The minimum atomic E-state index is -0.294. The highest BCUT2D eigenvalue weighted by molar-refractivity contribution is 6.00. The molecule has 1 N–H and O–H groups in total. The lowest BCUT2D eigenvalue weighted by Gasteiger charge is -2.20. The number of hydrogen-bond acceptors (Lipinski definition) is 2. The number of aryl methyl sites for hydroxylation is 2. The summed E-state index contributed by atoms with van der Waals surface area (Å²) in [6, 6.07) is 14.2. The zero-order chi connectivity index (χ0) is 18.7. The molecule has 1 heterocycles. The van der Waals surface area contributed by atoms with Crippen molar-refractivity contribution in [3.63, 3.8) is 0 Å². The van der Waals surface area contributed by atoms with Gasteiger partial charge in [-0.25, -0.2) is 0 Å². The first kappa shape index (κ1) is 18.2. The minimum absolute atomic E-state index is 0.0196. The molecule has 3 rings (SSSR count). The Labute approximate surface area is 155 Å². The van der Waals surface area contributed by atoms with Gasteiger partial charge in [0.15, 0.2) is 0 Å². The van der Waals surface area contributed by atoms with Crippen LogP contribution in [-0.4, -0.2) is 18.4 Å². The van der Waals surface area contributed by atoms with E-state index >= 15 is 0 Å². The maximum atomic E-state index is 12.5. The lowest BCUT2D eigenvalue weighted by molar-refractivity contribution is -0.126. The number of carbonyl (C=O) groups excluding carboxylic acids is 2. The molecule has 0 aromatic heterocycles. The number of anilines is 1. The fourth-order valence-corrected chi connectivity index (χ4v) is 3.37. The Morgan fingerprint density at radius 2 is 1.81 bits per heavy atom. The molecule has 0 saturated carbocycles. The predicted octanol–water partition coefficient (Wildman–Crippen LogP) is 3.54. The fraction of sp³-hybridized carbons (Fsp3) is 0.364. The average Bonchev–Trinajstić information content (AvgIpc) is 3.04. The van der Waals surface area contributed by atoms with Crippen LogP contribution in [0.3, 0.4) is 0 Å². The minimum Gasteiger partial charge on any atom is -0.352 e. The average molecular weight is 350 g/mol.